The summed E-state index contributed by atoms with van der Waals surface area (Å²) in [5, 5.41) is 6.21. The molecule has 1 saturated heterocycles. The molecule has 0 radical (unpaired) electrons. The van der Waals surface area contributed by atoms with Crippen LogP contribution < -0.4 is 10.6 Å². The standard InChI is InChI=1S/C22H30N4O2S/c1-15-20(29-14-24-15)17-9-7-16(8-10-17)12-23-21(28)18-6-5-11-26(18)19(27)13-25-22(2,3)4/h7-10,14,18,25H,5-6,11-13H2,1-4H3,(H,23,28). The lowest BCUT2D eigenvalue weighted by Gasteiger charge is -2.27. The Morgan fingerprint density at radius 2 is 1.97 bits per heavy atom. The van der Waals surface area contributed by atoms with Gasteiger partial charge in [0.1, 0.15) is 6.04 Å². The lowest BCUT2D eigenvalue weighted by Crippen LogP contribution is -2.50. The number of carbonyl (C=O) groups is 2. The summed E-state index contributed by atoms with van der Waals surface area (Å²) in [6.45, 7) is 9.44. The molecule has 1 atom stereocenters. The van der Waals surface area contributed by atoms with Crippen molar-refractivity contribution < 1.29 is 9.59 Å². The summed E-state index contributed by atoms with van der Waals surface area (Å²) in [6, 6.07) is 7.81. The normalized spacial score (nSPS) is 16.8. The van der Waals surface area contributed by atoms with E-state index in [1.165, 1.54) is 4.88 Å². The van der Waals surface area contributed by atoms with E-state index in [1.54, 1.807) is 16.2 Å². The van der Waals surface area contributed by atoms with E-state index in [2.05, 4.69) is 27.8 Å². The minimum Gasteiger partial charge on any atom is -0.350 e. The highest BCUT2D eigenvalue weighted by molar-refractivity contribution is 7.13. The molecule has 2 heterocycles. The molecule has 1 aliphatic rings. The Labute approximate surface area is 176 Å². The number of hydrogen-bond donors (Lipinski definition) is 2. The molecule has 1 aliphatic heterocycles. The fraction of sp³-hybridized carbons (Fsp3) is 0.500. The predicted molar refractivity (Wildman–Crippen MR) is 117 cm³/mol. The van der Waals surface area contributed by atoms with Gasteiger partial charge < -0.3 is 15.5 Å². The average molecular weight is 415 g/mol. The number of nitrogens with zero attached hydrogens (tertiary/aromatic N) is 2. The summed E-state index contributed by atoms with van der Waals surface area (Å²) in [5.41, 5.74) is 4.93. The number of aromatic nitrogens is 1. The lowest BCUT2D eigenvalue weighted by molar-refractivity contribution is -0.138. The van der Waals surface area contributed by atoms with Crippen LogP contribution in [0.1, 0.15) is 44.9 Å². The van der Waals surface area contributed by atoms with Crippen molar-refractivity contribution in [1.82, 2.24) is 20.5 Å². The van der Waals surface area contributed by atoms with Crippen molar-refractivity contribution in [2.45, 2.75) is 58.7 Å². The van der Waals surface area contributed by atoms with Crippen LogP contribution in [0.5, 0.6) is 0 Å². The van der Waals surface area contributed by atoms with E-state index in [1.807, 2.05) is 45.3 Å². The highest BCUT2D eigenvalue weighted by Gasteiger charge is 2.33. The zero-order valence-corrected chi connectivity index (χ0v) is 18.4. The molecule has 1 unspecified atom stereocenters. The van der Waals surface area contributed by atoms with Crippen LogP contribution in [0.2, 0.25) is 0 Å². The Morgan fingerprint density at radius 3 is 2.59 bits per heavy atom. The Bertz CT molecular complexity index is 854. The lowest BCUT2D eigenvalue weighted by atomic mass is 10.1. The summed E-state index contributed by atoms with van der Waals surface area (Å²) in [5.74, 6) is -0.0872. The molecule has 0 spiro atoms. The number of amides is 2. The molecule has 2 N–H and O–H groups in total. The number of nitrogens with one attached hydrogen (secondary N) is 2. The van der Waals surface area contributed by atoms with Crippen LogP contribution in [-0.2, 0) is 16.1 Å². The number of rotatable bonds is 6. The van der Waals surface area contributed by atoms with Gasteiger partial charge in [-0.25, -0.2) is 4.98 Å². The fourth-order valence-electron chi connectivity index (χ4n) is 3.44. The summed E-state index contributed by atoms with van der Waals surface area (Å²) in [7, 11) is 0. The first-order chi connectivity index (χ1) is 13.7. The summed E-state index contributed by atoms with van der Waals surface area (Å²) in [4.78, 5) is 32.4. The van der Waals surface area contributed by atoms with E-state index in [9.17, 15) is 9.59 Å². The fourth-order valence-corrected chi connectivity index (χ4v) is 4.25. The van der Waals surface area contributed by atoms with Gasteiger partial charge in [-0.2, -0.15) is 0 Å². The van der Waals surface area contributed by atoms with Crippen LogP contribution >= 0.6 is 11.3 Å². The number of hydrogen-bond acceptors (Lipinski definition) is 5. The molecule has 1 fully saturated rings. The van der Waals surface area contributed by atoms with E-state index in [4.69, 9.17) is 0 Å². The van der Waals surface area contributed by atoms with Crippen molar-refractivity contribution >= 4 is 23.2 Å². The van der Waals surface area contributed by atoms with Gasteiger partial charge in [0, 0.05) is 18.6 Å². The molecule has 2 amide bonds. The first-order valence-corrected chi connectivity index (χ1v) is 10.9. The second-order valence-electron chi connectivity index (χ2n) is 8.53. The van der Waals surface area contributed by atoms with Crippen LogP contribution in [0.3, 0.4) is 0 Å². The van der Waals surface area contributed by atoms with Gasteiger partial charge in [0.15, 0.2) is 0 Å². The van der Waals surface area contributed by atoms with E-state index in [-0.39, 0.29) is 29.9 Å². The molecule has 0 bridgehead atoms. The third-order valence-electron chi connectivity index (χ3n) is 5.07. The number of likely N-dealkylation sites (tertiary alicyclic amines) is 1. The second kappa shape index (κ2) is 9.05. The molecule has 0 saturated carbocycles. The molecule has 2 aromatic rings. The highest BCUT2D eigenvalue weighted by Crippen LogP contribution is 2.27. The molecular formula is C22H30N4O2S. The van der Waals surface area contributed by atoms with Crippen LogP contribution in [0.25, 0.3) is 10.4 Å². The maximum Gasteiger partial charge on any atom is 0.243 e. The van der Waals surface area contributed by atoms with E-state index in [0.717, 1.165) is 29.7 Å². The first kappa shape index (κ1) is 21.5. The van der Waals surface area contributed by atoms with Crippen molar-refractivity contribution in [1.29, 1.82) is 0 Å². The van der Waals surface area contributed by atoms with E-state index in [0.29, 0.717) is 13.1 Å². The second-order valence-corrected chi connectivity index (χ2v) is 9.39. The van der Waals surface area contributed by atoms with Gasteiger partial charge in [0.2, 0.25) is 11.8 Å². The maximum atomic E-state index is 12.7. The van der Waals surface area contributed by atoms with Crippen LogP contribution in [0.15, 0.2) is 29.8 Å². The van der Waals surface area contributed by atoms with Gasteiger partial charge in [-0.1, -0.05) is 24.3 Å². The summed E-state index contributed by atoms with van der Waals surface area (Å²) in [6.07, 6.45) is 1.58. The Kier molecular flexibility index (Phi) is 6.70. The maximum absolute atomic E-state index is 12.7. The minimum atomic E-state index is -0.372. The van der Waals surface area contributed by atoms with Gasteiger partial charge in [0.05, 0.1) is 22.6 Å². The van der Waals surface area contributed by atoms with Crippen molar-refractivity contribution in [3.63, 3.8) is 0 Å². The topological polar surface area (TPSA) is 74.3 Å². The largest absolute Gasteiger partial charge is 0.350 e. The van der Waals surface area contributed by atoms with Crippen molar-refractivity contribution in [2.75, 3.05) is 13.1 Å². The smallest absolute Gasteiger partial charge is 0.243 e. The minimum absolute atomic E-state index is 0.0122. The van der Waals surface area contributed by atoms with Gasteiger partial charge in [-0.05, 0) is 51.7 Å². The van der Waals surface area contributed by atoms with Gasteiger partial charge >= 0.3 is 0 Å². The molecule has 1 aromatic heterocycles. The Morgan fingerprint density at radius 1 is 1.24 bits per heavy atom. The zero-order chi connectivity index (χ0) is 21.0. The van der Waals surface area contributed by atoms with E-state index >= 15 is 0 Å². The monoisotopic (exact) mass is 414 g/mol. The predicted octanol–water partition coefficient (Wildman–Crippen LogP) is 3.11. The summed E-state index contributed by atoms with van der Waals surface area (Å²) >= 11 is 1.63. The quantitative estimate of drug-likeness (QED) is 0.762. The van der Waals surface area contributed by atoms with Gasteiger partial charge in [-0.3, -0.25) is 9.59 Å². The van der Waals surface area contributed by atoms with E-state index < -0.39 is 0 Å². The molecule has 7 heteroatoms. The molecular weight excluding hydrogens is 384 g/mol. The first-order valence-electron chi connectivity index (χ1n) is 10.1. The van der Waals surface area contributed by atoms with Gasteiger partial charge in [0.25, 0.3) is 0 Å². The third-order valence-corrected chi connectivity index (χ3v) is 6.05. The Balaban J connectivity index is 1.54. The van der Waals surface area contributed by atoms with Crippen molar-refractivity contribution in [2.24, 2.45) is 0 Å². The third kappa shape index (κ3) is 5.64. The van der Waals surface area contributed by atoms with Crippen LogP contribution in [-0.4, -0.2) is 46.4 Å². The zero-order valence-electron chi connectivity index (χ0n) is 17.6. The molecule has 1 aromatic carbocycles. The summed E-state index contributed by atoms with van der Waals surface area (Å²) < 4.78 is 0. The number of benzene rings is 1. The van der Waals surface area contributed by atoms with Crippen molar-refractivity contribution in [3.8, 4) is 10.4 Å². The SMILES string of the molecule is Cc1ncsc1-c1ccc(CNC(=O)C2CCCN2C(=O)CNC(C)(C)C)cc1. The molecule has 6 nitrogen and oxygen atoms in total. The van der Waals surface area contributed by atoms with Crippen molar-refractivity contribution in [3.05, 3.63) is 41.0 Å². The molecule has 3 rings (SSSR count). The number of carbonyl (C=O) groups excluding carboxylic acids is 2. The average Bonchev–Trinajstić information content (AvgIpc) is 3.33. The van der Waals surface area contributed by atoms with Crippen LogP contribution in [0, 0.1) is 6.92 Å². The molecule has 156 valence electrons. The Hall–Kier alpha value is -2.25. The number of aryl methyl sites for hydroxylation is 1. The number of thiazole rings is 1. The van der Waals surface area contributed by atoms with Gasteiger partial charge in [-0.15, -0.1) is 11.3 Å². The molecule has 29 heavy (non-hydrogen) atoms. The van der Waals surface area contributed by atoms with Crippen LogP contribution in [0.4, 0.5) is 0 Å². The highest BCUT2D eigenvalue weighted by atomic mass is 32.1. The molecule has 0 aliphatic carbocycles.